The lowest BCUT2D eigenvalue weighted by molar-refractivity contribution is -0.161. The number of hydrogen-bond donors (Lipinski definition) is 2. The van der Waals surface area contributed by atoms with Crippen LogP contribution >= 0.6 is 0 Å². The molecule has 3 aromatic rings. The summed E-state index contributed by atoms with van der Waals surface area (Å²) in [5.74, 6) is 1.43. The lowest BCUT2D eigenvalue weighted by atomic mass is 9.85. The van der Waals surface area contributed by atoms with Crippen molar-refractivity contribution in [2.24, 2.45) is 0 Å². The number of carbonyl (C=O) groups is 2. The molecule has 2 atom stereocenters. The lowest BCUT2D eigenvalue weighted by Gasteiger charge is -2.49. The number of piperidine rings is 1. The third-order valence-electron chi connectivity index (χ3n) is 7.76. The predicted octanol–water partition coefficient (Wildman–Crippen LogP) is 2.33. The molecule has 0 radical (unpaired) electrons. The summed E-state index contributed by atoms with van der Waals surface area (Å²) in [7, 11) is 0. The summed E-state index contributed by atoms with van der Waals surface area (Å²) >= 11 is 0. The quantitative estimate of drug-likeness (QED) is 0.616. The number of rotatable bonds is 2. The normalized spacial score (nSPS) is 24.5. The topological polar surface area (TPSA) is 86.9 Å². The van der Waals surface area contributed by atoms with Gasteiger partial charge in [0.25, 0.3) is 0 Å². The minimum absolute atomic E-state index is 0.00453. The van der Waals surface area contributed by atoms with Gasteiger partial charge in [0.2, 0.25) is 18.6 Å². The van der Waals surface area contributed by atoms with Crippen molar-refractivity contribution >= 4 is 22.7 Å². The molecule has 2 saturated heterocycles. The summed E-state index contributed by atoms with van der Waals surface area (Å²) in [5, 5.41) is 4.47. The maximum absolute atomic E-state index is 13.9. The third kappa shape index (κ3) is 2.88. The van der Waals surface area contributed by atoms with Crippen LogP contribution in [0.3, 0.4) is 0 Å². The number of H-pyrrole nitrogens is 1. The van der Waals surface area contributed by atoms with Crippen LogP contribution in [-0.2, 0) is 16.0 Å². The van der Waals surface area contributed by atoms with Crippen molar-refractivity contribution in [2.45, 2.75) is 37.4 Å². The summed E-state index contributed by atoms with van der Waals surface area (Å²) < 4.78 is 11.1. The largest absolute Gasteiger partial charge is 0.454 e. The van der Waals surface area contributed by atoms with Crippen molar-refractivity contribution in [3.63, 3.8) is 0 Å². The van der Waals surface area contributed by atoms with Gasteiger partial charge in [-0.1, -0.05) is 24.3 Å². The molecule has 8 nitrogen and oxygen atoms in total. The molecule has 2 N–H and O–H groups in total. The Labute approximate surface area is 196 Å². The maximum atomic E-state index is 13.9. The van der Waals surface area contributed by atoms with Crippen LogP contribution in [0, 0.1) is 0 Å². The lowest BCUT2D eigenvalue weighted by Crippen LogP contribution is -2.65. The van der Waals surface area contributed by atoms with Gasteiger partial charge in [-0.25, -0.2) is 0 Å². The molecule has 34 heavy (non-hydrogen) atoms. The second-order valence-electron chi connectivity index (χ2n) is 9.55. The third-order valence-corrected chi connectivity index (χ3v) is 7.76. The molecule has 0 bridgehead atoms. The Morgan fingerprint density at radius 3 is 2.68 bits per heavy atom. The first-order chi connectivity index (χ1) is 16.7. The molecule has 5 heterocycles. The number of ether oxygens (including phenoxy) is 2. The molecule has 0 spiro atoms. The zero-order chi connectivity index (χ0) is 22.8. The fourth-order valence-corrected chi connectivity index (χ4v) is 6.14. The van der Waals surface area contributed by atoms with Crippen molar-refractivity contribution in [3.05, 3.63) is 59.3 Å². The van der Waals surface area contributed by atoms with Crippen LogP contribution in [-0.4, -0.2) is 65.1 Å². The standard InChI is InChI=1S/C26H26N4O4/c31-23-13-29(16-7-9-27-10-8-16)26(32)20-12-18-17-3-1-2-4-19(17)28-24(18)25(30(20)23)15-5-6-21-22(11-15)34-14-33-21/h1-6,11,16,20,25,27-28H,7-10,12-14H2. The van der Waals surface area contributed by atoms with Gasteiger partial charge in [-0.05, 0) is 55.3 Å². The number of benzene rings is 2. The van der Waals surface area contributed by atoms with E-state index in [1.165, 1.54) is 0 Å². The number of para-hydroxylation sites is 1. The number of nitrogens with one attached hydrogen (secondary N) is 2. The van der Waals surface area contributed by atoms with Gasteiger partial charge in [-0.2, -0.15) is 0 Å². The summed E-state index contributed by atoms with van der Waals surface area (Å²) in [6.07, 6.45) is 2.29. The van der Waals surface area contributed by atoms with Gasteiger partial charge in [0, 0.05) is 29.1 Å². The van der Waals surface area contributed by atoms with Gasteiger partial charge >= 0.3 is 0 Å². The van der Waals surface area contributed by atoms with Gasteiger partial charge in [0.1, 0.15) is 12.6 Å². The Bertz CT molecular complexity index is 1310. The van der Waals surface area contributed by atoms with Crippen molar-refractivity contribution in [3.8, 4) is 11.5 Å². The first kappa shape index (κ1) is 19.9. The van der Waals surface area contributed by atoms with E-state index in [2.05, 4.69) is 16.4 Å². The molecule has 2 fully saturated rings. The molecule has 8 heteroatoms. The van der Waals surface area contributed by atoms with Gasteiger partial charge in [-0.15, -0.1) is 0 Å². The number of nitrogens with zero attached hydrogens (tertiary/aromatic N) is 2. The van der Waals surface area contributed by atoms with E-state index in [1.807, 2.05) is 46.2 Å². The van der Waals surface area contributed by atoms with Gasteiger partial charge in [0.15, 0.2) is 11.5 Å². The van der Waals surface area contributed by atoms with E-state index in [0.29, 0.717) is 17.9 Å². The highest BCUT2D eigenvalue weighted by atomic mass is 16.7. The molecule has 0 aliphatic carbocycles. The van der Waals surface area contributed by atoms with Crippen LogP contribution < -0.4 is 14.8 Å². The monoisotopic (exact) mass is 458 g/mol. The van der Waals surface area contributed by atoms with E-state index >= 15 is 0 Å². The van der Waals surface area contributed by atoms with Gasteiger partial charge in [0.05, 0.1) is 6.04 Å². The summed E-state index contributed by atoms with van der Waals surface area (Å²) in [6.45, 7) is 2.08. The number of carbonyl (C=O) groups excluding carboxylic acids is 2. The fraction of sp³-hybridized carbons (Fsp3) is 0.385. The summed E-state index contributed by atoms with van der Waals surface area (Å²) in [4.78, 5) is 34.8. The Balaban J connectivity index is 1.37. The fourth-order valence-electron chi connectivity index (χ4n) is 6.14. The first-order valence-corrected chi connectivity index (χ1v) is 12.0. The Morgan fingerprint density at radius 1 is 0.971 bits per heavy atom. The maximum Gasteiger partial charge on any atom is 0.246 e. The van der Waals surface area contributed by atoms with Crippen molar-refractivity contribution in [1.29, 1.82) is 0 Å². The minimum atomic E-state index is -0.515. The number of fused-ring (bicyclic) bond motifs is 5. The second-order valence-corrected chi connectivity index (χ2v) is 9.55. The molecule has 7 rings (SSSR count). The highest BCUT2D eigenvalue weighted by molar-refractivity contribution is 5.98. The van der Waals surface area contributed by atoms with Crippen LogP contribution in [0.4, 0.5) is 0 Å². The van der Waals surface area contributed by atoms with Crippen molar-refractivity contribution in [1.82, 2.24) is 20.1 Å². The van der Waals surface area contributed by atoms with E-state index < -0.39 is 6.04 Å². The predicted molar refractivity (Wildman–Crippen MR) is 125 cm³/mol. The SMILES string of the molecule is O=C1C2Cc3c([nH]c4ccccc34)C(c3ccc4c(c3)OCO4)N2C(=O)CN1C1CCNCC1. The second kappa shape index (κ2) is 7.50. The highest BCUT2D eigenvalue weighted by Gasteiger charge is 2.49. The number of hydrogen-bond acceptors (Lipinski definition) is 5. The Morgan fingerprint density at radius 2 is 1.79 bits per heavy atom. The number of aromatic nitrogens is 1. The number of aromatic amines is 1. The molecule has 2 amide bonds. The molecule has 174 valence electrons. The van der Waals surface area contributed by atoms with Gasteiger partial charge < -0.3 is 29.6 Å². The number of amides is 2. The van der Waals surface area contributed by atoms with Crippen molar-refractivity contribution in [2.75, 3.05) is 26.4 Å². The molecule has 4 aliphatic heterocycles. The molecule has 0 saturated carbocycles. The smallest absolute Gasteiger partial charge is 0.246 e. The average Bonchev–Trinajstić information content (AvgIpc) is 3.49. The zero-order valence-corrected chi connectivity index (χ0v) is 18.8. The van der Waals surface area contributed by atoms with Crippen LogP contribution in [0.15, 0.2) is 42.5 Å². The van der Waals surface area contributed by atoms with Crippen LogP contribution in [0.1, 0.15) is 35.7 Å². The van der Waals surface area contributed by atoms with Crippen LogP contribution in [0.25, 0.3) is 10.9 Å². The Hall–Kier alpha value is -3.52. The summed E-state index contributed by atoms with van der Waals surface area (Å²) in [5.41, 5.74) is 4.03. The molecule has 2 aromatic carbocycles. The summed E-state index contributed by atoms with van der Waals surface area (Å²) in [6, 6.07) is 13.2. The zero-order valence-electron chi connectivity index (χ0n) is 18.8. The van der Waals surface area contributed by atoms with E-state index in [-0.39, 0.29) is 37.2 Å². The minimum Gasteiger partial charge on any atom is -0.454 e. The van der Waals surface area contributed by atoms with Crippen molar-refractivity contribution < 1.29 is 19.1 Å². The molecule has 1 aromatic heterocycles. The van der Waals surface area contributed by atoms with E-state index in [1.54, 1.807) is 0 Å². The molecular weight excluding hydrogens is 432 g/mol. The molecule has 2 unspecified atom stereocenters. The first-order valence-electron chi connectivity index (χ1n) is 12.0. The van der Waals surface area contributed by atoms with E-state index in [9.17, 15) is 9.59 Å². The molecular formula is C26H26N4O4. The average molecular weight is 459 g/mol. The number of piperazine rings is 1. The van der Waals surface area contributed by atoms with Crippen LogP contribution in [0.5, 0.6) is 11.5 Å². The van der Waals surface area contributed by atoms with Gasteiger partial charge in [-0.3, -0.25) is 9.59 Å². The molecule has 4 aliphatic rings. The van der Waals surface area contributed by atoms with E-state index in [4.69, 9.17) is 9.47 Å². The van der Waals surface area contributed by atoms with E-state index in [0.717, 1.165) is 53.7 Å². The Kier molecular flexibility index (Phi) is 4.39. The van der Waals surface area contributed by atoms with Crippen LogP contribution in [0.2, 0.25) is 0 Å². The highest BCUT2D eigenvalue weighted by Crippen LogP contribution is 2.45.